The third kappa shape index (κ3) is 2.71. The van der Waals surface area contributed by atoms with Gasteiger partial charge in [-0.2, -0.15) is 0 Å². The van der Waals surface area contributed by atoms with E-state index in [0.29, 0.717) is 6.42 Å². The molecule has 2 amide bonds. The number of hydrogen-bond donors (Lipinski definition) is 1. The molecule has 1 aliphatic heterocycles. The molecule has 0 unspecified atom stereocenters. The zero-order valence-corrected chi connectivity index (χ0v) is 11.5. The molecule has 1 fully saturated rings. The highest BCUT2D eigenvalue weighted by Gasteiger charge is 2.45. The number of carboxylic acid groups (broad SMARTS) is 1. The summed E-state index contributed by atoms with van der Waals surface area (Å²) in [4.78, 5) is 35.7. The van der Waals surface area contributed by atoms with E-state index in [1.165, 1.54) is 0 Å². The summed E-state index contributed by atoms with van der Waals surface area (Å²) in [7, 11) is 0. The number of hydrogen-bond acceptors (Lipinski definition) is 3. The zero-order valence-electron chi connectivity index (χ0n) is 11.5. The summed E-state index contributed by atoms with van der Waals surface area (Å²) < 4.78 is 0. The third-order valence-electron chi connectivity index (χ3n) is 3.71. The lowest BCUT2D eigenvalue weighted by Crippen LogP contribution is -2.35. The van der Waals surface area contributed by atoms with E-state index in [1.807, 2.05) is 31.2 Å². The first-order valence-electron chi connectivity index (χ1n) is 6.52. The lowest BCUT2D eigenvalue weighted by Gasteiger charge is -2.12. The predicted octanol–water partition coefficient (Wildman–Crippen LogP) is 1.24. The minimum Gasteiger partial charge on any atom is -0.480 e. The van der Waals surface area contributed by atoms with E-state index in [2.05, 4.69) is 0 Å². The SMILES string of the molecule is Cc1ccc(C[C@@H]2C(=O)N(CC(=O)O)C(=O)[C@H]2C)cc1. The van der Waals surface area contributed by atoms with E-state index in [-0.39, 0.29) is 5.91 Å². The largest absolute Gasteiger partial charge is 0.480 e. The van der Waals surface area contributed by atoms with Gasteiger partial charge in [-0.25, -0.2) is 0 Å². The van der Waals surface area contributed by atoms with Crippen molar-refractivity contribution >= 4 is 17.8 Å². The number of aliphatic carboxylic acids is 1. The molecule has 1 aliphatic rings. The van der Waals surface area contributed by atoms with Crippen molar-refractivity contribution in [2.24, 2.45) is 11.8 Å². The molecular formula is C15H17NO4. The van der Waals surface area contributed by atoms with Gasteiger partial charge < -0.3 is 5.11 Å². The van der Waals surface area contributed by atoms with Gasteiger partial charge in [0.25, 0.3) is 0 Å². The Kier molecular flexibility index (Phi) is 3.88. The fourth-order valence-corrected chi connectivity index (χ4v) is 2.47. The van der Waals surface area contributed by atoms with E-state index in [9.17, 15) is 14.4 Å². The molecule has 2 rings (SSSR count). The highest BCUT2D eigenvalue weighted by molar-refractivity contribution is 6.06. The summed E-state index contributed by atoms with van der Waals surface area (Å²) in [5.41, 5.74) is 2.11. The second-order valence-electron chi connectivity index (χ2n) is 5.24. The summed E-state index contributed by atoms with van der Waals surface area (Å²) >= 11 is 0. The number of imide groups is 1. The Labute approximate surface area is 117 Å². The van der Waals surface area contributed by atoms with Crippen molar-refractivity contribution in [1.29, 1.82) is 0 Å². The quantitative estimate of drug-likeness (QED) is 0.839. The number of carboxylic acids is 1. The maximum atomic E-state index is 12.2. The second kappa shape index (κ2) is 5.45. The van der Waals surface area contributed by atoms with Crippen LogP contribution in [-0.4, -0.2) is 34.3 Å². The first-order chi connectivity index (χ1) is 9.40. The van der Waals surface area contributed by atoms with E-state index in [1.54, 1.807) is 6.92 Å². The average Bonchev–Trinajstić information content (AvgIpc) is 2.58. The fraction of sp³-hybridized carbons (Fsp3) is 0.400. The van der Waals surface area contributed by atoms with Gasteiger partial charge in [0, 0.05) is 5.92 Å². The molecule has 106 valence electrons. The van der Waals surface area contributed by atoms with Crippen molar-refractivity contribution < 1.29 is 19.5 Å². The number of carbonyl (C=O) groups is 3. The van der Waals surface area contributed by atoms with Crippen LogP contribution in [0.25, 0.3) is 0 Å². The average molecular weight is 275 g/mol. The van der Waals surface area contributed by atoms with Gasteiger partial charge in [-0.15, -0.1) is 0 Å². The van der Waals surface area contributed by atoms with Gasteiger partial charge in [-0.1, -0.05) is 36.8 Å². The molecule has 1 N–H and O–H groups in total. The lowest BCUT2D eigenvalue weighted by atomic mass is 9.90. The molecule has 5 heteroatoms. The van der Waals surface area contributed by atoms with Gasteiger partial charge in [0.2, 0.25) is 11.8 Å². The first kappa shape index (κ1) is 14.2. The first-order valence-corrected chi connectivity index (χ1v) is 6.52. The van der Waals surface area contributed by atoms with Gasteiger partial charge >= 0.3 is 5.97 Å². The van der Waals surface area contributed by atoms with Gasteiger partial charge in [0.1, 0.15) is 6.54 Å². The highest BCUT2D eigenvalue weighted by atomic mass is 16.4. The molecular weight excluding hydrogens is 258 g/mol. The number of carbonyl (C=O) groups excluding carboxylic acids is 2. The zero-order chi connectivity index (χ0) is 14.9. The maximum Gasteiger partial charge on any atom is 0.323 e. The van der Waals surface area contributed by atoms with Gasteiger partial charge in [-0.05, 0) is 18.9 Å². The van der Waals surface area contributed by atoms with Crippen LogP contribution in [0.1, 0.15) is 18.1 Å². The summed E-state index contributed by atoms with van der Waals surface area (Å²) in [6.07, 6.45) is 0.460. The monoisotopic (exact) mass is 275 g/mol. The molecule has 0 saturated carbocycles. The topological polar surface area (TPSA) is 74.7 Å². The Morgan fingerprint density at radius 3 is 2.35 bits per heavy atom. The van der Waals surface area contributed by atoms with Crippen LogP contribution in [0.4, 0.5) is 0 Å². The van der Waals surface area contributed by atoms with E-state index >= 15 is 0 Å². The van der Waals surface area contributed by atoms with Crippen molar-refractivity contribution in [1.82, 2.24) is 4.90 Å². The number of rotatable bonds is 4. The molecule has 1 saturated heterocycles. The van der Waals surface area contributed by atoms with Crippen molar-refractivity contribution in [3.05, 3.63) is 35.4 Å². The van der Waals surface area contributed by atoms with Crippen molar-refractivity contribution in [2.45, 2.75) is 20.3 Å². The number of nitrogens with zero attached hydrogens (tertiary/aromatic N) is 1. The summed E-state index contributed by atoms with van der Waals surface area (Å²) in [5, 5.41) is 8.76. The predicted molar refractivity (Wildman–Crippen MR) is 71.9 cm³/mol. The normalized spacial score (nSPS) is 22.4. The molecule has 5 nitrogen and oxygen atoms in total. The van der Waals surface area contributed by atoms with Crippen molar-refractivity contribution in [3.8, 4) is 0 Å². The van der Waals surface area contributed by atoms with Gasteiger partial charge in [0.15, 0.2) is 0 Å². The Morgan fingerprint density at radius 2 is 1.80 bits per heavy atom. The molecule has 0 spiro atoms. The number of benzene rings is 1. The molecule has 0 aliphatic carbocycles. The number of likely N-dealkylation sites (tertiary alicyclic amines) is 1. The van der Waals surface area contributed by atoms with Crippen LogP contribution in [-0.2, 0) is 20.8 Å². The van der Waals surface area contributed by atoms with Gasteiger partial charge in [0.05, 0.1) is 5.92 Å². The Morgan fingerprint density at radius 1 is 1.20 bits per heavy atom. The van der Waals surface area contributed by atoms with E-state index in [0.717, 1.165) is 16.0 Å². The van der Waals surface area contributed by atoms with Crippen LogP contribution in [0.15, 0.2) is 24.3 Å². The summed E-state index contributed by atoms with van der Waals surface area (Å²) in [5.74, 6) is -2.89. The Bertz CT molecular complexity index is 549. The van der Waals surface area contributed by atoms with E-state index < -0.39 is 30.3 Å². The molecule has 0 bridgehead atoms. The van der Waals surface area contributed by atoms with Crippen LogP contribution in [0.5, 0.6) is 0 Å². The van der Waals surface area contributed by atoms with Crippen molar-refractivity contribution in [3.63, 3.8) is 0 Å². The van der Waals surface area contributed by atoms with Crippen LogP contribution in [0.2, 0.25) is 0 Å². The van der Waals surface area contributed by atoms with Crippen molar-refractivity contribution in [2.75, 3.05) is 6.54 Å². The Balaban J connectivity index is 2.16. The van der Waals surface area contributed by atoms with Gasteiger partial charge in [-0.3, -0.25) is 19.3 Å². The van der Waals surface area contributed by atoms with E-state index in [4.69, 9.17) is 5.11 Å². The molecule has 0 radical (unpaired) electrons. The lowest BCUT2D eigenvalue weighted by molar-refractivity contribution is -0.149. The number of amides is 2. The molecule has 1 heterocycles. The van der Waals surface area contributed by atoms with Crippen LogP contribution >= 0.6 is 0 Å². The molecule has 20 heavy (non-hydrogen) atoms. The van der Waals surface area contributed by atoms with Crippen LogP contribution in [0.3, 0.4) is 0 Å². The summed E-state index contributed by atoms with van der Waals surface area (Å²) in [6, 6.07) is 7.77. The third-order valence-corrected chi connectivity index (χ3v) is 3.71. The minimum atomic E-state index is -1.17. The fourth-order valence-electron chi connectivity index (χ4n) is 2.47. The highest BCUT2D eigenvalue weighted by Crippen LogP contribution is 2.29. The molecule has 1 aromatic carbocycles. The summed E-state index contributed by atoms with van der Waals surface area (Å²) in [6.45, 7) is 3.11. The number of aryl methyl sites for hydroxylation is 1. The standard InChI is InChI=1S/C15H17NO4/c1-9-3-5-11(6-4-9)7-12-10(2)14(19)16(15(12)20)8-13(17)18/h3-6,10,12H,7-8H2,1-2H3,(H,17,18)/t10-,12-/m0/s1. The van der Waals surface area contributed by atoms with Crippen LogP contribution in [0, 0.1) is 18.8 Å². The van der Waals surface area contributed by atoms with Crippen LogP contribution < -0.4 is 0 Å². The Hall–Kier alpha value is -2.17. The molecule has 0 aromatic heterocycles. The molecule has 2 atom stereocenters. The smallest absolute Gasteiger partial charge is 0.323 e. The maximum absolute atomic E-state index is 12.2. The molecule has 1 aromatic rings. The minimum absolute atomic E-state index is 0.384. The second-order valence-corrected chi connectivity index (χ2v) is 5.24.